The van der Waals surface area contributed by atoms with Gasteiger partial charge in [-0.05, 0) is 37.0 Å². The monoisotopic (exact) mass is 1230 g/mol. The number of unbranched alkanes of at least 4 members (excludes halogenated alkanes) is 46. The van der Waals surface area contributed by atoms with Gasteiger partial charge in [-0.25, -0.2) is 0 Å². The molecule has 0 aromatic heterocycles. The largest absolute Gasteiger partial charge is 0.368 e. The maximum atomic E-state index is 10.3. The van der Waals surface area contributed by atoms with Crippen LogP contribution < -0.4 is 0 Å². The van der Waals surface area contributed by atoms with Crippen molar-refractivity contribution < 1.29 is 28.4 Å². The van der Waals surface area contributed by atoms with Gasteiger partial charge in [-0.3, -0.25) is 0 Å². The molecule has 5 rings (SSSR count). The fourth-order valence-electron chi connectivity index (χ4n) is 14.2. The molecular weight excluding hydrogens is 1090 g/mol. The van der Waals surface area contributed by atoms with Crippen molar-refractivity contribution in [2.75, 3.05) is 0 Å². The zero-order valence-corrected chi connectivity index (χ0v) is 57.9. The number of rotatable bonds is 58. The third kappa shape index (κ3) is 36.2. The molecule has 2 fully saturated rings. The van der Waals surface area contributed by atoms with Gasteiger partial charge in [-0.1, -0.05) is 400 Å². The lowest BCUT2D eigenvalue weighted by molar-refractivity contribution is -0.461. The minimum Gasteiger partial charge on any atom is -0.368 e. The second kappa shape index (κ2) is 51.3. The summed E-state index contributed by atoms with van der Waals surface area (Å²) in [4.78, 5) is 0. The van der Waals surface area contributed by atoms with E-state index in [2.05, 4.69) is 49.4 Å². The van der Waals surface area contributed by atoms with Crippen LogP contribution in [0.3, 0.4) is 0 Å². The minimum absolute atomic E-state index is 0.117. The predicted molar refractivity (Wildman–Crippen MR) is 375 cm³/mol. The van der Waals surface area contributed by atoms with Crippen LogP contribution in [0.2, 0.25) is 0 Å². The molecule has 2 saturated heterocycles. The van der Waals surface area contributed by atoms with E-state index < -0.39 is 36.0 Å². The zero-order valence-electron chi connectivity index (χ0n) is 57.9. The van der Waals surface area contributed by atoms with Crippen LogP contribution in [-0.2, 0) is 48.2 Å². The van der Waals surface area contributed by atoms with E-state index in [4.69, 9.17) is 28.4 Å². The normalized spacial score (nSPS) is 19.9. The van der Waals surface area contributed by atoms with Gasteiger partial charge in [-0.2, -0.15) is 5.26 Å². The van der Waals surface area contributed by atoms with Crippen LogP contribution in [0.4, 0.5) is 0 Å². The van der Waals surface area contributed by atoms with Gasteiger partial charge in [-0.15, -0.1) is 0 Å². The molecule has 6 atom stereocenters. The van der Waals surface area contributed by atoms with E-state index in [0.29, 0.717) is 26.2 Å². The molecule has 0 saturated carbocycles. The highest BCUT2D eigenvalue weighted by Gasteiger charge is 2.62. The van der Waals surface area contributed by atoms with Crippen LogP contribution in [-0.4, -0.2) is 42.1 Å². The summed E-state index contributed by atoms with van der Waals surface area (Å²) in [5.74, 6) is -2.20. The third-order valence-electron chi connectivity index (χ3n) is 19.4. The van der Waals surface area contributed by atoms with Crippen LogP contribution >= 0.6 is 0 Å². The third-order valence-corrected chi connectivity index (χ3v) is 19.4. The first-order chi connectivity index (χ1) is 43.9. The Bertz CT molecular complexity index is 2080. The molecule has 0 bridgehead atoms. The Balaban J connectivity index is 0.807. The maximum absolute atomic E-state index is 10.3. The fraction of sp³-hybridized carbons (Fsp3) is 0.768. The van der Waals surface area contributed by atoms with Gasteiger partial charge in [0, 0.05) is 6.42 Å². The Labute approximate surface area is 548 Å². The molecule has 7 nitrogen and oxygen atoms in total. The average molecular weight is 1230 g/mol. The minimum atomic E-state index is -1.24. The van der Waals surface area contributed by atoms with Gasteiger partial charge in [0.05, 0.1) is 38.4 Å². The highest BCUT2D eigenvalue weighted by molar-refractivity contribution is 5.17. The summed E-state index contributed by atoms with van der Waals surface area (Å²) in [7, 11) is 0. The molecule has 1 spiro atoms. The van der Waals surface area contributed by atoms with Gasteiger partial charge in [0.2, 0.25) is 5.79 Å². The van der Waals surface area contributed by atoms with Crippen molar-refractivity contribution in [3.8, 4) is 6.07 Å². The predicted octanol–water partition coefficient (Wildman–Crippen LogP) is 25.0. The Morgan fingerprint density at radius 2 is 0.652 bits per heavy atom. The molecule has 2 aliphatic heterocycles. The molecule has 2 aliphatic rings. The quantitative estimate of drug-likeness (QED) is 0.0521. The van der Waals surface area contributed by atoms with Crippen LogP contribution in [0, 0.1) is 11.3 Å². The van der Waals surface area contributed by atoms with Crippen molar-refractivity contribution in [2.45, 2.75) is 404 Å². The van der Waals surface area contributed by atoms with E-state index in [1.165, 1.54) is 295 Å². The lowest BCUT2D eigenvalue weighted by Crippen LogP contribution is -2.71. The number of hydrogen-bond acceptors (Lipinski definition) is 7. The van der Waals surface area contributed by atoms with Gasteiger partial charge < -0.3 is 28.4 Å². The van der Waals surface area contributed by atoms with Crippen LogP contribution in [0.1, 0.15) is 359 Å². The van der Waals surface area contributed by atoms with Crippen molar-refractivity contribution in [3.63, 3.8) is 0 Å². The van der Waals surface area contributed by atoms with E-state index in [9.17, 15) is 5.26 Å². The standard InChI is InChI=1S/C82H135NO6/c1-4-5-6-7-8-9-10-11-12-13-14-15-16-17-18-19-20-21-22-23-24-25-26-27-28-29-30-31-32-33-34-35-36-37-38-39-40-41-42-43-44-45-46-47-48-49-59-66-76-69-82(89-81(2,3)87-76)80(86-72-75-64-57-52-58-65-75)79(85-71-74-62-55-51-56-63-74)78(77(88-82)67-68-83)84-70-73-60-53-50-54-61-73/h50-58,60-65,76-80H,4-49,59,66-67,69-72H2,1-3H3/t76-,77-,78-,79+,80+,82-/m1/s1. The summed E-state index contributed by atoms with van der Waals surface area (Å²) in [5.41, 5.74) is 3.12. The number of nitrogens with zero attached hydrogens (tertiary/aromatic N) is 1. The van der Waals surface area contributed by atoms with Gasteiger partial charge in [0.25, 0.3) is 0 Å². The summed E-state index contributed by atoms with van der Waals surface area (Å²) in [6.07, 6.45) is 66.2. The molecule has 2 heterocycles. The molecule has 504 valence electrons. The van der Waals surface area contributed by atoms with E-state index in [1.54, 1.807) is 0 Å². The number of benzene rings is 3. The van der Waals surface area contributed by atoms with Crippen LogP contribution in [0.15, 0.2) is 91.0 Å². The Morgan fingerprint density at radius 1 is 0.371 bits per heavy atom. The molecule has 0 N–H and O–H groups in total. The lowest BCUT2D eigenvalue weighted by atomic mass is 9.85. The van der Waals surface area contributed by atoms with Crippen molar-refractivity contribution in [3.05, 3.63) is 108 Å². The second-order valence-electron chi connectivity index (χ2n) is 28.1. The Kier molecular flexibility index (Phi) is 44.2. The first-order valence-corrected chi connectivity index (χ1v) is 38.3. The van der Waals surface area contributed by atoms with E-state index >= 15 is 0 Å². The van der Waals surface area contributed by atoms with E-state index in [1.807, 2.05) is 68.4 Å². The molecule has 0 radical (unpaired) electrons. The van der Waals surface area contributed by atoms with Crippen LogP contribution in [0.25, 0.3) is 0 Å². The first kappa shape index (κ1) is 76.6. The summed E-state index contributed by atoms with van der Waals surface area (Å²) in [6.45, 7) is 7.29. The topological polar surface area (TPSA) is 79.2 Å². The molecule has 7 heteroatoms. The summed E-state index contributed by atoms with van der Waals surface area (Å²) in [6, 6.07) is 33.0. The van der Waals surface area contributed by atoms with Crippen molar-refractivity contribution >= 4 is 0 Å². The van der Waals surface area contributed by atoms with Crippen LogP contribution in [0.5, 0.6) is 0 Å². The van der Waals surface area contributed by atoms with Crippen molar-refractivity contribution in [2.24, 2.45) is 0 Å². The summed E-state index contributed by atoms with van der Waals surface area (Å²) < 4.78 is 41.5. The first-order valence-electron chi connectivity index (χ1n) is 38.3. The van der Waals surface area contributed by atoms with Crippen molar-refractivity contribution in [1.29, 1.82) is 5.26 Å². The molecule has 0 unspecified atom stereocenters. The number of ether oxygens (including phenoxy) is 6. The Morgan fingerprint density at radius 3 is 0.955 bits per heavy atom. The number of hydrogen-bond donors (Lipinski definition) is 0. The van der Waals surface area contributed by atoms with Gasteiger partial charge >= 0.3 is 0 Å². The Hall–Kier alpha value is -3.09. The molecule has 3 aromatic carbocycles. The molecule has 89 heavy (non-hydrogen) atoms. The average Bonchev–Trinajstić information content (AvgIpc) is 0.840. The molecule has 0 amide bonds. The maximum Gasteiger partial charge on any atom is 0.203 e. The van der Waals surface area contributed by atoms with Crippen molar-refractivity contribution in [1.82, 2.24) is 0 Å². The second-order valence-corrected chi connectivity index (χ2v) is 28.1. The smallest absolute Gasteiger partial charge is 0.203 e. The van der Waals surface area contributed by atoms with Gasteiger partial charge in [0.15, 0.2) is 5.79 Å². The zero-order chi connectivity index (χ0) is 62.7. The molecule has 0 aliphatic carbocycles. The van der Waals surface area contributed by atoms with E-state index in [-0.39, 0.29) is 12.5 Å². The van der Waals surface area contributed by atoms with Gasteiger partial charge in [0.1, 0.15) is 24.4 Å². The highest BCUT2D eigenvalue weighted by atomic mass is 16.8. The SMILES string of the molecule is CCCCCCCCCCCCCCCCCCCCCCCCCCCCCCCCCCCCCCCCCCCCCCCCC[C@@H]1C[C@@]2(O[C@H](CC#N)[C@@H](OCc3ccccc3)[C@H](OCc3ccccc3)[C@@H]2OCc2ccccc2)OC(C)(C)O1. The summed E-state index contributed by atoms with van der Waals surface area (Å²) >= 11 is 0. The van der Waals surface area contributed by atoms with E-state index in [0.717, 1.165) is 29.5 Å². The lowest BCUT2D eigenvalue weighted by Gasteiger charge is -2.57. The highest BCUT2D eigenvalue weighted by Crippen LogP contribution is 2.47. The molecule has 3 aromatic rings. The summed E-state index contributed by atoms with van der Waals surface area (Å²) in [5, 5.41) is 10.3. The molecular formula is C82H135NO6. The number of nitriles is 1. The fourth-order valence-corrected chi connectivity index (χ4v) is 14.2.